The van der Waals surface area contributed by atoms with Crippen LogP contribution in [0.5, 0.6) is 0 Å². The standard InChI is InChI=1S/C73H141NO10/c1-3-5-7-9-11-13-15-17-19-21-23-25-27-29-31-33-35-37-39-41-43-45-47-49-51-53-55-57-59-61-66(77)72(82)74-64(63-83-73-71(81)70(80)69(79)67(62-75)84-73)68(78)65(76)60-58-56-54-52-50-48-46-44-42-40-38-36-34-32-30-28-26-24-22-20-18-16-14-12-10-8-6-4-2/h44,46,52,54,64-71,73,75-81H,3-43,45,47-51,53,55-63H2,1-2H3,(H,74,82)/b46-44+,54-52+. The van der Waals surface area contributed by atoms with Crippen LogP contribution in [0.15, 0.2) is 24.3 Å². The van der Waals surface area contributed by atoms with Crippen LogP contribution in [0, 0.1) is 0 Å². The normalized spacial score (nSPS) is 19.0. The molecule has 84 heavy (non-hydrogen) atoms. The minimum absolute atomic E-state index is 0.249. The van der Waals surface area contributed by atoms with Crippen LogP contribution in [0.1, 0.15) is 367 Å². The van der Waals surface area contributed by atoms with Crippen LogP contribution in [-0.2, 0) is 14.3 Å². The Morgan fingerprint density at radius 3 is 1.06 bits per heavy atom. The number of rotatable bonds is 65. The Bertz CT molecular complexity index is 1420. The predicted octanol–water partition coefficient (Wildman–Crippen LogP) is 18.0. The fourth-order valence-electron chi connectivity index (χ4n) is 12.1. The van der Waals surface area contributed by atoms with E-state index in [9.17, 15) is 40.5 Å². The second kappa shape index (κ2) is 61.8. The van der Waals surface area contributed by atoms with Gasteiger partial charge in [-0.3, -0.25) is 4.79 Å². The minimum Gasteiger partial charge on any atom is -0.394 e. The van der Waals surface area contributed by atoms with Crippen LogP contribution in [0.4, 0.5) is 0 Å². The third-order valence-corrected chi connectivity index (χ3v) is 18.0. The predicted molar refractivity (Wildman–Crippen MR) is 353 cm³/mol. The molecule has 9 unspecified atom stereocenters. The summed E-state index contributed by atoms with van der Waals surface area (Å²) in [6, 6.07) is -1.19. The van der Waals surface area contributed by atoms with Gasteiger partial charge in [-0.15, -0.1) is 0 Å². The van der Waals surface area contributed by atoms with Gasteiger partial charge in [-0.25, -0.2) is 0 Å². The number of unbranched alkanes of at least 4 members (excludes halogenated alkanes) is 49. The first-order valence-electron chi connectivity index (χ1n) is 36.7. The highest BCUT2D eigenvalue weighted by atomic mass is 16.7. The lowest BCUT2D eigenvalue weighted by molar-refractivity contribution is -0.303. The maximum absolute atomic E-state index is 13.3. The van der Waals surface area contributed by atoms with E-state index in [0.29, 0.717) is 19.3 Å². The van der Waals surface area contributed by atoms with Crippen molar-refractivity contribution >= 4 is 5.91 Å². The number of hydrogen-bond acceptors (Lipinski definition) is 10. The lowest BCUT2D eigenvalue weighted by Gasteiger charge is -2.40. The Morgan fingerprint density at radius 1 is 0.405 bits per heavy atom. The molecule has 498 valence electrons. The zero-order chi connectivity index (χ0) is 61.0. The van der Waals surface area contributed by atoms with Crippen LogP contribution in [0.25, 0.3) is 0 Å². The Morgan fingerprint density at radius 2 is 0.714 bits per heavy atom. The first kappa shape index (κ1) is 80.6. The summed E-state index contributed by atoms with van der Waals surface area (Å²) in [7, 11) is 0. The Labute approximate surface area is 518 Å². The number of aliphatic hydroxyl groups excluding tert-OH is 7. The molecule has 1 amide bonds. The number of nitrogens with one attached hydrogen (secondary N) is 1. The number of ether oxygens (including phenoxy) is 2. The highest BCUT2D eigenvalue weighted by Gasteiger charge is 2.44. The summed E-state index contributed by atoms with van der Waals surface area (Å²) < 4.78 is 11.2. The Kier molecular flexibility index (Phi) is 59.3. The van der Waals surface area contributed by atoms with E-state index >= 15 is 0 Å². The summed E-state index contributed by atoms with van der Waals surface area (Å²) in [5.41, 5.74) is 0. The summed E-state index contributed by atoms with van der Waals surface area (Å²) in [5.74, 6) is -0.702. The van der Waals surface area contributed by atoms with Crippen molar-refractivity contribution in [3.63, 3.8) is 0 Å². The highest BCUT2D eigenvalue weighted by Crippen LogP contribution is 2.24. The number of amides is 1. The van der Waals surface area contributed by atoms with E-state index in [2.05, 4.69) is 43.5 Å². The SMILES string of the molecule is CCCCCCCCCCCCCCCCCCCCC/C=C/CC/C=C/CCCC(O)C(O)C(COC1OC(CO)C(O)C(O)C1O)NC(=O)C(O)CCCCCCCCCCCCCCCCCCCCCCCCCCCCCCC. The van der Waals surface area contributed by atoms with Gasteiger partial charge in [-0.05, 0) is 51.4 Å². The van der Waals surface area contributed by atoms with E-state index in [-0.39, 0.29) is 12.8 Å². The highest BCUT2D eigenvalue weighted by molar-refractivity contribution is 5.80. The lowest BCUT2D eigenvalue weighted by atomic mass is 9.98. The van der Waals surface area contributed by atoms with E-state index in [1.807, 2.05) is 0 Å². The molecule has 0 aromatic rings. The molecule has 8 N–H and O–H groups in total. The van der Waals surface area contributed by atoms with Gasteiger partial charge < -0.3 is 50.5 Å². The summed E-state index contributed by atoms with van der Waals surface area (Å²) in [6.07, 6.45) is 67.1. The van der Waals surface area contributed by atoms with Crippen molar-refractivity contribution in [2.75, 3.05) is 13.2 Å². The summed E-state index contributed by atoms with van der Waals surface area (Å²) in [6.45, 7) is 3.50. The molecule has 0 aromatic heterocycles. The molecule has 1 rings (SSSR count). The van der Waals surface area contributed by atoms with Crippen LogP contribution in [0.2, 0.25) is 0 Å². The molecule has 0 radical (unpaired) electrons. The van der Waals surface area contributed by atoms with Crippen molar-refractivity contribution in [2.24, 2.45) is 0 Å². The third kappa shape index (κ3) is 48.5. The van der Waals surface area contributed by atoms with Crippen LogP contribution < -0.4 is 5.32 Å². The van der Waals surface area contributed by atoms with Gasteiger partial charge in [0.05, 0.1) is 25.4 Å². The van der Waals surface area contributed by atoms with E-state index in [4.69, 9.17) is 9.47 Å². The van der Waals surface area contributed by atoms with Gasteiger partial charge in [0.25, 0.3) is 0 Å². The molecule has 0 saturated carbocycles. The van der Waals surface area contributed by atoms with Gasteiger partial charge in [0, 0.05) is 0 Å². The monoisotopic (exact) mass is 1190 g/mol. The van der Waals surface area contributed by atoms with Crippen molar-refractivity contribution in [3.8, 4) is 0 Å². The molecule has 0 aliphatic carbocycles. The number of carbonyl (C=O) groups excluding carboxylic acids is 1. The Hall–Kier alpha value is -1.41. The molecule has 0 aromatic carbocycles. The molecule has 1 fully saturated rings. The van der Waals surface area contributed by atoms with Gasteiger partial charge in [-0.1, -0.05) is 340 Å². The molecule has 1 saturated heterocycles. The largest absolute Gasteiger partial charge is 0.394 e. The third-order valence-electron chi connectivity index (χ3n) is 18.0. The molecule has 1 aliphatic rings. The zero-order valence-electron chi connectivity index (χ0n) is 55.2. The topological polar surface area (TPSA) is 189 Å². The van der Waals surface area contributed by atoms with Crippen molar-refractivity contribution < 1.29 is 50.0 Å². The molecule has 1 aliphatic heterocycles. The fourth-order valence-corrected chi connectivity index (χ4v) is 12.1. The number of hydrogen-bond donors (Lipinski definition) is 8. The molecular formula is C73H141NO10. The summed E-state index contributed by atoms with van der Waals surface area (Å²) in [4.78, 5) is 13.3. The van der Waals surface area contributed by atoms with E-state index in [0.717, 1.165) is 38.5 Å². The van der Waals surface area contributed by atoms with Gasteiger partial charge in [0.1, 0.15) is 36.6 Å². The Balaban J connectivity index is 2.20. The smallest absolute Gasteiger partial charge is 0.249 e. The molecule has 0 spiro atoms. The number of allylic oxidation sites excluding steroid dienone is 4. The number of aliphatic hydroxyl groups is 7. The summed E-state index contributed by atoms with van der Waals surface area (Å²) in [5, 5.41) is 76.5. The van der Waals surface area contributed by atoms with Crippen LogP contribution in [0.3, 0.4) is 0 Å². The zero-order valence-corrected chi connectivity index (χ0v) is 55.2. The first-order chi connectivity index (χ1) is 41.2. The average Bonchev–Trinajstić information content (AvgIpc) is 3.66. The van der Waals surface area contributed by atoms with Crippen LogP contribution >= 0.6 is 0 Å². The molecule has 11 nitrogen and oxygen atoms in total. The molecule has 9 atom stereocenters. The van der Waals surface area contributed by atoms with E-state index < -0.39 is 74.2 Å². The second-order valence-corrected chi connectivity index (χ2v) is 26.0. The van der Waals surface area contributed by atoms with Crippen molar-refractivity contribution in [3.05, 3.63) is 24.3 Å². The molecule has 11 heteroatoms. The number of carbonyl (C=O) groups is 1. The molecule has 0 bridgehead atoms. The van der Waals surface area contributed by atoms with Gasteiger partial charge in [0.15, 0.2) is 6.29 Å². The van der Waals surface area contributed by atoms with Crippen molar-refractivity contribution in [1.29, 1.82) is 0 Å². The van der Waals surface area contributed by atoms with Gasteiger partial charge in [0.2, 0.25) is 5.91 Å². The quantitative estimate of drug-likeness (QED) is 0.0215. The summed E-state index contributed by atoms with van der Waals surface area (Å²) >= 11 is 0. The lowest BCUT2D eigenvalue weighted by Crippen LogP contribution is -2.60. The molecular weight excluding hydrogens is 1050 g/mol. The van der Waals surface area contributed by atoms with Crippen LogP contribution in [-0.4, -0.2) is 110 Å². The maximum Gasteiger partial charge on any atom is 0.249 e. The van der Waals surface area contributed by atoms with Crippen molar-refractivity contribution in [1.82, 2.24) is 5.32 Å². The van der Waals surface area contributed by atoms with E-state index in [1.54, 1.807) is 0 Å². The second-order valence-electron chi connectivity index (χ2n) is 26.0. The maximum atomic E-state index is 13.3. The molecule has 1 heterocycles. The minimum atomic E-state index is -1.67. The van der Waals surface area contributed by atoms with Crippen molar-refractivity contribution in [2.45, 2.75) is 422 Å². The van der Waals surface area contributed by atoms with Gasteiger partial charge >= 0.3 is 0 Å². The fraction of sp³-hybridized carbons (Fsp3) is 0.932. The van der Waals surface area contributed by atoms with E-state index in [1.165, 1.54) is 283 Å². The van der Waals surface area contributed by atoms with Gasteiger partial charge in [-0.2, -0.15) is 0 Å². The average molecular weight is 1190 g/mol. The first-order valence-corrected chi connectivity index (χ1v) is 36.7.